The Balaban J connectivity index is 2.91. The van der Waals surface area contributed by atoms with Crippen LogP contribution >= 0.6 is 11.6 Å². The quantitative estimate of drug-likeness (QED) is 0.715. The second kappa shape index (κ2) is 4.78. The molecule has 0 saturated heterocycles. The molecule has 0 saturated carbocycles. The summed E-state index contributed by atoms with van der Waals surface area (Å²) in [7, 11) is 0. The molecule has 0 amide bonds. The first-order chi connectivity index (χ1) is 6.67. The predicted molar refractivity (Wildman–Crippen MR) is 55.1 cm³/mol. The first-order valence-electron chi connectivity index (χ1n) is 4.31. The fraction of sp³-hybridized carbons (Fsp3) is 0.273. The molecular weight excluding hydrogens is 198 g/mol. The van der Waals surface area contributed by atoms with Gasteiger partial charge in [0.1, 0.15) is 12.4 Å². The molecule has 0 aliphatic heterocycles. The van der Waals surface area contributed by atoms with Crippen molar-refractivity contribution in [2.75, 3.05) is 0 Å². The van der Waals surface area contributed by atoms with E-state index < -0.39 is 0 Å². The van der Waals surface area contributed by atoms with Gasteiger partial charge in [0.2, 0.25) is 0 Å². The number of hydrogen-bond donors (Lipinski definition) is 0. The molecular formula is C11H10ClNO. The van der Waals surface area contributed by atoms with Gasteiger partial charge in [-0.15, -0.1) is 0 Å². The highest BCUT2D eigenvalue weighted by atomic mass is 35.5. The summed E-state index contributed by atoms with van der Waals surface area (Å²) in [6, 6.07) is 7.26. The van der Waals surface area contributed by atoms with Gasteiger partial charge in [0, 0.05) is 5.92 Å². The van der Waals surface area contributed by atoms with Crippen molar-refractivity contribution in [3.05, 3.63) is 34.3 Å². The highest BCUT2D eigenvalue weighted by Gasteiger charge is 2.04. The molecule has 0 N–H and O–H groups in total. The van der Waals surface area contributed by atoms with Gasteiger partial charge >= 0.3 is 0 Å². The molecule has 3 heteroatoms. The minimum atomic E-state index is -0.0253. The first-order valence-corrected chi connectivity index (χ1v) is 4.69. The fourth-order valence-electron chi connectivity index (χ4n) is 1.20. The SMILES string of the molecule is CC(C=O)Cc1ccc(Cl)c(C#N)c1. The maximum Gasteiger partial charge on any atom is 0.123 e. The zero-order valence-electron chi connectivity index (χ0n) is 7.83. The van der Waals surface area contributed by atoms with E-state index in [0.717, 1.165) is 11.8 Å². The molecule has 1 unspecified atom stereocenters. The van der Waals surface area contributed by atoms with Gasteiger partial charge < -0.3 is 4.79 Å². The van der Waals surface area contributed by atoms with Crippen LogP contribution in [0.25, 0.3) is 0 Å². The van der Waals surface area contributed by atoms with Crippen LogP contribution in [-0.4, -0.2) is 6.29 Å². The summed E-state index contributed by atoms with van der Waals surface area (Å²) in [5.74, 6) is -0.0253. The van der Waals surface area contributed by atoms with Crippen LogP contribution < -0.4 is 0 Å². The first kappa shape index (κ1) is 10.7. The molecule has 0 aliphatic rings. The molecule has 0 spiro atoms. The normalized spacial score (nSPS) is 11.8. The summed E-state index contributed by atoms with van der Waals surface area (Å²) in [5, 5.41) is 9.18. The summed E-state index contributed by atoms with van der Waals surface area (Å²) in [6.45, 7) is 1.84. The van der Waals surface area contributed by atoms with Crippen molar-refractivity contribution >= 4 is 17.9 Å². The van der Waals surface area contributed by atoms with Crippen LogP contribution in [0.5, 0.6) is 0 Å². The minimum absolute atomic E-state index is 0.0253. The summed E-state index contributed by atoms with van der Waals surface area (Å²) < 4.78 is 0. The molecule has 0 radical (unpaired) electrons. The number of nitrogens with zero attached hydrogens (tertiary/aromatic N) is 1. The Labute approximate surface area is 88.1 Å². The van der Waals surface area contributed by atoms with E-state index in [-0.39, 0.29) is 5.92 Å². The maximum atomic E-state index is 10.4. The van der Waals surface area contributed by atoms with Gasteiger partial charge in [0.15, 0.2) is 0 Å². The molecule has 0 heterocycles. The lowest BCUT2D eigenvalue weighted by Crippen LogP contribution is -2.00. The average Bonchev–Trinajstić information content (AvgIpc) is 2.20. The number of hydrogen-bond acceptors (Lipinski definition) is 2. The predicted octanol–water partition coefficient (Wildman–Crippen LogP) is 2.59. The molecule has 1 aromatic carbocycles. The number of aldehydes is 1. The van der Waals surface area contributed by atoms with E-state index in [0.29, 0.717) is 17.0 Å². The molecule has 0 fully saturated rings. The Bertz CT molecular complexity index is 381. The van der Waals surface area contributed by atoms with Crippen LogP contribution in [0.3, 0.4) is 0 Å². The highest BCUT2D eigenvalue weighted by molar-refractivity contribution is 6.31. The second-order valence-corrected chi connectivity index (χ2v) is 3.65. The van der Waals surface area contributed by atoms with Gasteiger partial charge in [-0.2, -0.15) is 5.26 Å². The number of rotatable bonds is 3. The molecule has 0 bridgehead atoms. The third-order valence-corrected chi connectivity index (χ3v) is 2.27. The zero-order chi connectivity index (χ0) is 10.6. The van der Waals surface area contributed by atoms with Crippen molar-refractivity contribution in [2.24, 2.45) is 5.92 Å². The van der Waals surface area contributed by atoms with Gasteiger partial charge in [-0.05, 0) is 24.1 Å². The number of nitriles is 1. The Kier molecular flexibility index (Phi) is 3.67. The van der Waals surface area contributed by atoms with E-state index in [2.05, 4.69) is 0 Å². The largest absolute Gasteiger partial charge is 0.303 e. The smallest absolute Gasteiger partial charge is 0.123 e. The lowest BCUT2D eigenvalue weighted by Gasteiger charge is -2.04. The van der Waals surface area contributed by atoms with E-state index in [1.165, 1.54) is 0 Å². The van der Waals surface area contributed by atoms with Crippen LogP contribution in [0.2, 0.25) is 5.02 Å². The summed E-state index contributed by atoms with van der Waals surface area (Å²) in [6.07, 6.45) is 1.55. The number of carbonyl (C=O) groups is 1. The van der Waals surface area contributed by atoms with Crippen LogP contribution in [0, 0.1) is 17.2 Å². The number of carbonyl (C=O) groups excluding carboxylic acids is 1. The van der Waals surface area contributed by atoms with Crippen molar-refractivity contribution in [2.45, 2.75) is 13.3 Å². The lowest BCUT2D eigenvalue weighted by atomic mass is 10.0. The molecule has 14 heavy (non-hydrogen) atoms. The van der Waals surface area contributed by atoms with Gasteiger partial charge in [-0.3, -0.25) is 0 Å². The molecule has 2 nitrogen and oxygen atoms in total. The third-order valence-electron chi connectivity index (χ3n) is 1.94. The maximum absolute atomic E-state index is 10.4. The Morgan fingerprint density at radius 1 is 1.64 bits per heavy atom. The molecule has 1 rings (SSSR count). The van der Waals surface area contributed by atoms with Gasteiger partial charge in [0.25, 0.3) is 0 Å². The van der Waals surface area contributed by atoms with E-state index >= 15 is 0 Å². The number of benzene rings is 1. The van der Waals surface area contributed by atoms with E-state index in [1.807, 2.05) is 19.1 Å². The third kappa shape index (κ3) is 2.58. The summed E-state index contributed by atoms with van der Waals surface area (Å²) in [4.78, 5) is 10.4. The average molecular weight is 208 g/mol. The monoisotopic (exact) mass is 207 g/mol. The Morgan fingerprint density at radius 3 is 2.93 bits per heavy atom. The van der Waals surface area contributed by atoms with Crippen LogP contribution in [-0.2, 0) is 11.2 Å². The molecule has 1 atom stereocenters. The van der Waals surface area contributed by atoms with Crippen LogP contribution in [0.15, 0.2) is 18.2 Å². The molecule has 72 valence electrons. The molecule has 1 aromatic rings. The summed E-state index contributed by atoms with van der Waals surface area (Å²) >= 11 is 5.77. The number of halogens is 1. The van der Waals surface area contributed by atoms with Crippen LogP contribution in [0.4, 0.5) is 0 Å². The summed E-state index contributed by atoms with van der Waals surface area (Å²) in [5.41, 5.74) is 1.42. The van der Waals surface area contributed by atoms with E-state index in [1.54, 1.807) is 12.1 Å². The van der Waals surface area contributed by atoms with Crippen molar-refractivity contribution in [1.82, 2.24) is 0 Å². The Hall–Kier alpha value is -1.33. The standard InChI is InChI=1S/C11H10ClNO/c1-8(7-14)4-9-2-3-11(12)10(5-9)6-13/h2-3,5,7-8H,4H2,1H3. The van der Waals surface area contributed by atoms with Crippen molar-refractivity contribution in [3.63, 3.8) is 0 Å². The second-order valence-electron chi connectivity index (χ2n) is 3.24. The van der Waals surface area contributed by atoms with Crippen molar-refractivity contribution < 1.29 is 4.79 Å². The lowest BCUT2D eigenvalue weighted by molar-refractivity contribution is -0.110. The van der Waals surface area contributed by atoms with Crippen molar-refractivity contribution in [3.8, 4) is 6.07 Å². The van der Waals surface area contributed by atoms with Gasteiger partial charge in [-0.25, -0.2) is 0 Å². The Morgan fingerprint density at radius 2 is 2.36 bits per heavy atom. The van der Waals surface area contributed by atoms with Gasteiger partial charge in [0.05, 0.1) is 10.6 Å². The van der Waals surface area contributed by atoms with Crippen LogP contribution in [0.1, 0.15) is 18.1 Å². The van der Waals surface area contributed by atoms with E-state index in [9.17, 15) is 4.79 Å². The van der Waals surface area contributed by atoms with E-state index in [4.69, 9.17) is 16.9 Å². The molecule has 0 aromatic heterocycles. The fourth-order valence-corrected chi connectivity index (χ4v) is 1.36. The van der Waals surface area contributed by atoms with Crippen molar-refractivity contribution in [1.29, 1.82) is 5.26 Å². The van der Waals surface area contributed by atoms with Gasteiger partial charge in [-0.1, -0.05) is 24.6 Å². The minimum Gasteiger partial charge on any atom is -0.303 e. The highest BCUT2D eigenvalue weighted by Crippen LogP contribution is 2.18. The topological polar surface area (TPSA) is 40.9 Å². The zero-order valence-corrected chi connectivity index (χ0v) is 8.58. The molecule has 0 aliphatic carbocycles.